The van der Waals surface area contributed by atoms with Crippen LogP contribution in [0.4, 0.5) is 0 Å². The fourth-order valence-electron chi connectivity index (χ4n) is 2.91. The zero-order chi connectivity index (χ0) is 13.1. The van der Waals surface area contributed by atoms with Crippen LogP contribution in [0.1, 0.15) is 31.7 Å². The van der Waals surface area contributed by atoms with E-state index in [-0.39, 0.29) is 12.0 Å². The molecule has 0 saturated heterocycles. The molecule has 0 amide bonds. The van der Waals surface area contributed by atoms with Gasteiger partial charge in [-0.2, -0.15) is 0 Å². The smallest absolute Gasteiger partial charge is 0.308 e. The summed E-state index contributed by atoms with van der Waals surface area (Å²) in [5, 5.41) is 9.32. The van der Waals surface area contributed by atoms with Gasteiger partial charge in [-0.25, -0.2) is 0 Å². The van der Waals surface area contributed by atoms with Crippen LogP contribution in [-0.4, -0.2) is 29.1 Å². The predicted octanol–water partition coefficient (Wildman–Crippen LogP) is 2.60. The molecule has 3 unspecified atom stereocenters. The maximum absolute atomic E-state index is 11.3. The van der Waals surface area contributed by atoms with E-state index in [2.05, 4.69) is 11.8 Å². The van der Waals surface area contributed by atoms with Crippen LogP contribution in [0, 0.1) is 11.8 Å². The average molecular weight is 251 g/mol. The van der Waals surface area contributed by atoms with Gasteiger partial charge in [0.1, 0.15) is 0 Å². The van der Waals surface area contributed by atoms with Crippen molar-refractivity contribution in [3.8, 4) is 0 Å². The third kappa shape index (κ3) is 2.93. The third-order valence-electron chi connectivity index (χ3n) is 3.97. The summed E-state index contributed by atoms with van der Waals surface area (Å²) < 4.78 is 5.06. The number of rotatable bonds is 4. The van der Waals surface area contributed by atoms with Gasteiger partial charge in [0.15, 0.2) is 0 Å². The van der Waals surface area contributed by atoms with Crippen LogP contribution in [0.5, 0.6) is 0 Å². The SMILES string of the molecule is CC1CCC(C(=O)O)C(N(C)Cc2ccoc2)C1. The van der Waals surface area contributed by atoms with Crippen LogP contribution >= 0.6 is 0 Å². The van der Waals surface area contributed by atoms with E-state index in [4.69, 9.17) is 4.42 Å². The molecule has 4 heteroatoms. The number of furan rings is 1. The number of carboxylic acid groups (broad SMARTS) is 1. The normalized spacial score (nSPS) is 28.5. The molecule has 4 nitrogen and oxygen atoms in total. The average Bonchev–Trinajstić information content (AvgIpc) is 2.81. The highest BCUT2D eigenvalue weighted by Crippen LogP contribution is 2.32. The van der Waals surface area contributed by atoms with Crippen LogP contribution < -0.4 is 0 Å². The van der Waals surface area contributed by atoms with Gasteiger partial charge < -0.3 is 9.52 Å². The minimum Gasteiger partial charge on any atom is -0.481 e. The second kappa shape index (κ2) is 5.57. The molecule has 0 bridgehead atoms. The lowest BCUT2D eigenvalue weighted by Gasteiger charge is -2.38. The first-order valence-corrected chi connectivity index (χ1v) is 6.52. The number of carbonyl (C=O) groups is 1. The zero-order valence-electron chi connectivity index (χ0n) is 11.0. The van der Waals surface area contributed by atoms with Gasteiger partial charge >= 0.3 is 5.97 Å². The molecule has 1 aromatic rings. The standard InChI is InChI=1S/C14H21NO3/c1-10-3-4-12(14(16)17)13(7-10)15(2)8-11-5-6-18-9-11/h5-6,9-10,12-13H,3-4,7-8H2,1-2H3,(H,16,17). The molecule has 1 saturated carbocycles. The summed E-state index contributed by atoms with van der Waals surface area (Å²) in [5.41, 5.74) is 1.10. The van der Waals surface area contributed by atoms with Crippen molar-refractivity contribution in [2.24, 2.45) is 11.8 Å². The molecule has 0 aromatic carbocycles. The quantitative estimate of drug-likeness (QED) is 0.893. The molecule has 2 rings (SSSR count). The van der Waals surface area contributed by atoms with Gasteiger partial charge in [0.05, 0.1) is 18.4 Å². The maximum atomic E-state index is 11.3. The largest absolute Gasteiger partial charge is 0.481 e. The minimum absolute atomic E-state index is 0.126. The highest BCUT2D eigenvalue weighted by Gasteiger charge is 2.35. The summed E-state index contributed by atoms with van der Waals surface area (Å²) in [6.07, 6.45) is 6.15. The van der Waals surface area contributed by atoms with Crippen molar-refractivity contribution in [1.82, 2.24) is 4.90 Å². The van der Waals surface area contributed by atoms with Crippen molar-refractivity contribution < 1.29 is 14.3 Å². The van der Waals surface area contributed by atoms with E-state index >= 15 is 0 Å². The zero-order valence-corrected chi connectivity index (χ0v) is 11.0. The van der Waals surface area contributed by atoms with Gasteiger partial charge in [0.25, 0.3) is 0 Å². The summed E-state index contributed by atoms with van der Waals surface area (Å²) in [5.74, 6) is -0.290. The van der Waals surface area contributed by atoms with E-state index in [0.29, 0.717) is 5.92 Å². The van der Waals surface area contributed by atoms with E-state index in [0.717, 1.165) is 31.4 Å². The Hall–Kier alpha value is -1.29. The number of hydrogen-bond acceptors (Lipinski definition) is 3. The van der Waals surface area contributed by atoms with E-state index in [1.165, 1.54) is 0 Å². The number of aliphatic carboxylic acids is 1. The highest BCUT2D eigenvalue weighted by molar-refractivity contribution is 5.71. The molecule has 0 spiro atoms. The van der Waals surface area contributed by atoms with Crippen molar-refractivity contribution >= 4 is 5.97 Å². The van der Waals surface area contributed by atoms with Gasteiger partial charge in [0, 0.05) is 18.2 Å². The van der Waals surface area contributed by atoms with Gasteiger partial charge in [-0.15, -0.1) is 0 Å². The summed E-state index contributed by atoms with van der Waals surface area (Å²) >= 11 is 0. The van der Waals surface area contributed by atoms with Gasteiger partial charge in [0.2, 0.25) is 0 Å². The third-order valence-corrected chi connectivity index (χ3v) is 3.97. The highest BCUT2D eigenvalue weighted by atomic mass is 16.4. The first-order chi connectivity index (χ1) is 8.58. The van der Waals surface area contributed by atoms with Crippen molar-refractivity contribution in [3.63, 3.8) is 0 Å². The lowest BCUT2D eigenvalue weighted by atomic mass is 9.78. The second-order valence-electron chi connectivity index (χ2n) is 5.48. The molecule has 1 aromatic heterocycles. The topological polar surface area (TPSA) is 53.7 Å². The molecule has 1 heterocycles. The first-order valence-electron chi connectivity index (χ1n) is 6.52. The monoisotopic (exact) mass is 251 g/mol. The van der Waals surface area contributed by atoms with Crippen LogP contribution in [0.15, 0.2) is 23.0 Å². The summed E-state index contributed by atoms with van der Waals surface area (Å²) in [4.78, 5) is 13.5. The molecule has 3 atom stereocenters. The van der Waals surface area contributed by atoms with Crippen molar-refractivity contribution in [2.45, 2.75) is 38.8 Å². The Morgan fingerprint density at radius 3 is 2.94 bits per heavy atom. The molecule has 0 radical (unpaired) electrons. The Kier molecular flexibility index (Phi) is 4.07. The molecule has 1 fully saturated rings. The van der Waals surface area contributed by atoms with Gasteiger partial charge in [-0.05, 0) is 38.3 Å². The fraction of sp³-hybridized carbons (Fsp3) is 0.643. The molecule has 1 aliphatic rings. The van der Waals surface area contributed by atoms with E-state index < -0.39 is 5.97 Å². The van der Waals surface area contributed by atoms with Crippen LogP contribution in [0.3, 0.4) is 0 Å². The number of carboxylic acids is 1. The molecule has 100 valence electrons. The molecule has 1 aliphatic carbocycles. The summed E-state index contributed by atoms with van der Waals surface area (Å²) in [7, 11) is 2.01. The van der Waals surface area contributed by atoms with Crippen LogP contribution in [0.2, 0.25) is 0 Å². The Balaban J connectivity index is 2.04. The number of nitrogens with zero attached hydrogens (tertiary/aromatic N) is 1. The van der Waals surface area contributed by atoms with Crippen molar-refractivity contribution in [2.75, 3.05) is 7.05 Å². The van der Waals surface area contributed by atoms with Crippen LogP contribution in [-0.2, 0) is 11.3 Å². The lowest BCUT2D eigenvalue weighted by Crippen LogP contribution is -2.44. The lowest BCUT2D eigenvalue weighted by molar-refractivity contribution is -0.146. The van der Waals surface area contributed by atoms with Crippen molar-refractivity contribution in [3.05, 3.63) is 24.2 Å². The van der Waals surface area contributed by atoms with E-state index in [1.54, 1.807) is 12.5 Å². The second-order valence-corrected chi connectivity index (χ2v) is 5.48. The van der Waals surface area contributed by atoms with E-state index in [1.807, 2.05) is 13.1 Å². The molecular weight excluding hydrogens is 230 g/mol. The first kappa shape index (κ1) is 13.1. The Bertz CT molecular complexity index is 388. The number of hydrogen-bond donors (Lipinski definition) is 1. The van der Waals surface area contributed by atoms with Gasteiger partial charge in [-0.3, -0.25) is 9.69 Å². The van der Waals surface area contributed by atoms with Crippen LogP contribution in [0.25, 0.3) is 0 Å². The van der Waals surface area contributed by atoms with Gasteiger partial charge in [-0.1, -0.05) is 6.92 Å². The fourth-order valence-corrected chi connectivity index (χ4v) is 2.91. The summed E-state index contributed by atoms with van der Waals surface area (Å²) in [6, 6.07) is 2.06. The Morgan fingerprint density at radius 2 is 2.33 bits per heavy atom. The van der Waals surface area contributed by atoms with E-state index in [9.17, 15) is 9.90 Å². The Morgan fingerprint density at radius 1 is 1.56 bits per heavy atom. The molecule has 1 N–H and O–H groups in total. The molecule has 0 aliphatic heterocycles. The molecule has 18 heavy (non-hydrogen) atoms. The minimum atomic E-state index is -0.661. The molecular formula is C14H21NO3. The predicted molar refractivity (Wildman–Crippen MR) is 68.1 cm³/mol. The Labute approximate surface area is 108 Å². The summed E-state index contributed by atoms with van der Waals surface area (Å²) in [6.45, 7) is 2.95. The van der Waals surface area contributed by atoms with Crippen molar-refractivity contribution in [1.29, 1.82) is 0 Å². The maximum Gasteiger partial charge on any atom is 0.308 e.